The second-order valence-electron chi connectivity index (χ2n) is 8.16. The van der Waals surface area contributed by atoms with Crippen molar-refractivity contribution < 1.29 is 24.5 Å². The van der Waals surface area contributed by atoms with E-state index < -0.39 is 11.8 Å². The first-order valence-electron chi connectivity index (χ1n) is 10.3. The molecule has 0 aliphatic rings. The number of rotatable bonds is 9. The van der Waals surface area contributed by atoms with Crippen LogP contribution in [0.2, 0.25) is 0 Å². The molecule has 0 fully saturated rings. The van der Waals surface area contributed by atoms with Gasteiger partial charge in [-0.3, -0.25) is 4.79 Å². The third kappa shape index (κ3) is 8.09. The highest BCUT2D eigenvalue weighted by atomic mass is 16.5. The molecule has 164 valence electrons. The van der Waals surface area contributed by atoms with Crippen molar-refractivity contribution in [3.63, 3.8) is 0 Å². The molecule has 2 rings (SSSR count). The zero-order valence-corrected chi connectivity index (χ0v) is 18.4. The Morgan fingerprint density at radius 3 is 1.80 bits per heavy atom. The Morgan fingerprint density at radius 2 is 1.37 bits per heavy atom. The summed E-state index contributed by atoms with van der Waals surface area (Å²) >= 11 is 0. The molecule has 0 aromatic heterocycles. The fourth-order valence-electron chi connectivity index (χ4n) is 2.79. The topological polar surface area (TPSA) is 83.8 Å². The maximum atomic E-state index is 11.7. The highest BCUT2D eigenvalue weighted by Gasteiger charge is 2.32. The van der Waals surface area contributed by atoms with Gasteiger partial charge in [0.05, 0.1) is 13.2 Å². The van der Waals surface area contributed by atoms with E-state index in [4.69, 9.17) is 4.74 Å². The number of hydrogen-bond acceptors (Lipinski definition) is 5. The summed E-state index contributed by atoms with van der Waals surface area (Å²) < 4.78 is 4.94. The monoisotopic (exact) mass is 414 g/mol. The molecular formula is C25H34O5. The van der Waals surface area contributed by atoms with Crippen LogP contribution in [0.25, 0.3) is 0 Å². The molecule has 2 N–H and O–H groups in total. The van der Waals surface area contributed by atoms with E-state index >= 15 is 0 Å². The number of ether oxygens (including phenoxy) is 1. The molecule has 0 atom stereocenters. The molecule has 30 heavy (non-hydrogen) atoms. The summed E-state index contributed by atoms with van der Waals surface area (Å²) in [6.07, 6.45) is 1.98. The van der Waals surface area contributed by atoms with Crippen LogP contribution in [-0.4, -0.2) is 35.2 Å². The summed E-state index contributed by atoms with van der Waals surface area (Å²) in [5.74, 6) is -0.184. The van der Waals surface area contributed by atoms with Gasteiger partial charge < -0.3 is 14.9 Å². The highest BCUT2D eigenvalue weighted by molar-refractivity contribution is 6.41. The molecule has 0 saturated heterocycles. The zero-order chi connectivity index (χ0) is 22.6. The van der Waals surface area contributed by atoms with Gasteiger partial charge in [-0.2, -0.15) is 0 Å². The quantitative estimate of drug-likeness (QED) is 0.273. The smallest absolute Gasteiger partial charge is 0.385 e. The van der Waals surface area contributed by atoms with E-state index in [0.717, 1.165) is 12.8 Å². The van der Waals surface area contributed by atoms with E-state index in [9.17, 15) is 19.8 Å². The lowest BCUT2D eigenvalue weighted by Crippen LogP contribution is -2.35. The van der Waals surface area contributed by atoms with Crippen LogP contribution in [0.1, 0.15) is 50.9 Å². The van der Waals surface area contributed by atoms with Gasteiger partial charge in [-0.25, -0.2) is 4.79 Å². The number of carbonyl (C=O) groups excluding carboxylic acids is 2. The van der Waals surface area contributed by atoms with E-state index in [1.54, 1.807) is 60.7 Å². The Bertz CT molecular complexity index is 750. The highest BCUT2D eigenvalue weighted by Crippen LogP contribution is 2.33. The molecule has 0 radical (unpaired) electrons. The van der Waals surface area contributed by atoms with E-state index in [-0.39, 0.29) is 18.6 Å². The van der Waals surface area contributed by atoms with Gasteiger partial charge in [-0.15, -0.1) is 0 Å². The summed E-state index contributed by atoms with van der Waals surface area (Å²) in [6.45, 7) is 8.64. The van der Waals surface area contributed by atoms with Gasteiger partial charge in [0.2, 0.25) is 0 Å². The van der Waals surface area contributed by atoms with Gasteiger partial charge >= 0.3 is 5.97 Å². The third-order valence-corrected chi connectivity index (χ3v) is 5.25. The van der Waals surface area contributed by atoms with Crippen LogP contribution in [0, 0.1) is 17.3 Å². The van der Waals surface area contributed by atoms with Gasteiger partial charge in [0, 0.05) is 11.0 Å². The number of Topliss-reactive ketones (excluding diaryl/α,β-unsaturated/α-hetero) is 1. The average Bonchev–Trinajstić information content (AvgIpc) is 2.75. The Labute approximate surface area is 179 Å². The normalized spacial score (nSPS) is 11.1. The Morgan fingerprint density at radius 1 is 0.867 bits per heavy atom. The van der Waals surface area contributed by atoms with Crippen LogP contribution in [0.5, 0.6) is 5.75 Å². The first-order chi connectivity index (χ1) is 14.3. The zero-order valence-electron chi connectivity index (χ0n) is 18.4. The van der Waals surface area contributed by atoms with Gasteiger partial charge in [-0.1, -0.05) is 82.6 Å². The summed E-state index contributed by atoms with van der Waals surface area (Å²) in [6, 6.07) is 16.8. The van der Waals surface area contributed by atoms with Crippen LogP contribution >= 0.6 is 0 Å². The van der Waals surface area contributed by atoms with Crippen LogP contribution in [0.15, 0.2) is 60.7 Å². The molecule has 0 unspecified atom stereocenters. The van der Waals surface area contributed by atoms with Crippen molar-refractivity contribution in [3.05, 3.63) is 66.2 Å². The lowest BCUT2D eigenvalue weighted by molar-refractivity contribution is -0.129. The molecule has 2 aromatic carbocycles. The van der Waals surface area contributed by atoms with Crippen molar-refractivity contribution in [2.24, 2.45) is 17.3 Å². The number of benzene rings is 2. The number of para-hydroxylation sites is 1. The maximum absolute atomic E-state index is 11.7. The minimum atomic E-state index is -0.873. The van der Waals surface area contributed by atoms with Crippen molar-refractivity contribution in [1.82, 2.24) is 0 Å². The minimum Gasteiger partial charge on any atom is -0.421 e. The Balaban J connectivity index is 0.000000314. The fourth-order valence-corrected chi connectivity index (χ4v) is 2.79. The molecule has 0 bridgehead atoms. The molecule has 0 saturated carbocycles. The summed E-state index contributed by atoms with van der Waals surface area (Å²) in [7, 11) is 0. The number of ketones is 1. The predicted octanol–water partition coefficient (Wildman–Crippen LogP) is 4.52. The Kier molecular flexibility index (Phi) is 11.0. The van der Waals surface area contributed by atoms with Gasteiger partial charge in [0.1, 0.15) is 5.75 Å². The lowest BCUT2D eigenvalue weighted by Gasteiger charge is -2.34. The van der Waals surface area contributed by atoms with Crippen molar-refractivity contribution >= 4 is 11.8 Å². The van der Waals surface area contributed by atoms with Gasteiger partial charge in [0.15, 0.2) is 0 Å². The van der Waals surface area contributed by atoms with Crippen molar-refractivity contribution in [2.75, 3.05) is 13.2 Å². The first kappa shape index (κ1) is 25.5. The first-order valence-corrected chi connectivity index (χ1v) is 10.3. The van der Waals surface area contributed by atoms with Gasteiger partial charge in [-0.05, 0) is 30.4 Å². The summed E-state index contributed by atoms with van der Waals surface area (Å²) in [5.41, 5.74) is 0.0537. The number of esters is 1. The minimum absolute atomic E-state index is 0.0912. The molecule has 0 aliphatic heterocycles. The molecule has 0 aliphatic carbocycles. The second kappa shape index (κ2) is 12.9. The molecule has 5 heteroatoms. The number of hydrogen-bond donors (Lipinski definition) is 2. The fraction of sp³-hybridized carbons (Fsp3) is 0.440. The van der Waals surface area contributed by atoms with E-state index in [1.165, 1.54) is 0 Å². The van der Waals surface area contributed by atoms with Crippen LogP contribution in [-0.2, 0) is 4.79 Å². The number of aliphatic hydroxyl groups is 2. The molecule has 5 nitrogen and oxygen atoms in total. The lowest BCUT2D eigenvalue weighted by atomic mass is 9.74. The van der Waals surface area contributed by atoms with Crippen molar-refractivity contribution in [1.29, 1.82) is 0 Å². The predicted molar refractivity (Wildman–Crippen MR) is 118 cm³/mol. The largest absolute Gasteiger partial charge is 0.421 e. The van der Waals surface area contributed by atoms with Crippen LogP contribution < -0.4 is 4.74 Å². The van der Waals surface area contributed by atoms with Crippen molar-refractivity contribution in [2.45, 2.75) is 40.5 Å². The van der Waals surface area contributed by atoms with Crippen LogP contribution in [0.4, 0.5) is 0 Å². The summed E-state index contributed by atoms with van der Waals surface area (Å²) in [4.78, 5) is 23.2. The average molecular weight is 415 g/mol. The third-order valence-electron chi connectivity index (χ3n) is 5.25. The second-order valence-corrected chi connectivity index (χ2v) is 8.16. The molecular weight excluding hydrogens is 380 g/mol. The van der Waals surface area contributed by atoms with Crippen LogP contribution in [0.3, 0.4) is 0 Å². The molecule has 0 heterocycles. The Hall–Kier alpha value is -2.50. The number of aliphatic hydroxyl groups excluding tert-OH is 2. The van der Waals surface area contributed by atoms with E-state index in [1.807, 2.05) is 0 Å². The molecule has 0 spiro atoms. The molecule has 2 aromatic rings. The van der Waals surface area contributed by atoms with E-state index in [0.29, 0.717) is 23.1 Å². The molecule has 0 amide bonds. The summed E-state index contributed by atoms with van der Waals surface area (Å²) in [5, 5.41) is 18.6. The maximum Gasteiger partial charge on any atom is 0.385 e. The van der Waals surface area contributed by atoms with Crippen molar-refractivity contribution in [3.8, 4) is 5.75 Å². The van der Waals surface area contributed by atoms with E-state index in [2.05, 4.69) is 27.7 Å². The standard InChI is InChI=1S/C14H10O3.C11H24O2/c15-13(11-7-3-1-4-8-11)14(16)17-12-9-5-2-6-10-12;1-9(2)5-6-11(7-12,8-13)10(3)4/h1-10H;9-10,12-13H,5-8H2,1-4H3. The van der Waals surface area contributed by atoms with Gasteiger partial charge in [0.25, 0.3) is 5.78 Å². The number of carbonyl (C=O) groups is 2. The SMILES string of the molecule is CC(C)CCC(CO)(CO)C(C)C.O=C(Oc1ccccc1)C(=O)c1ccccc1.